The van der Waals surface area contributed by atoms with Crippen LogP contribution in [-0.4, -0.2) is 22.9 Å². The molecule has 3 atom stereocenters. The van der Waals surface area contributed by atoms with Crippen LogP contribution in [0.2, 0.25) is 0 Å². The minimum atomic E-state index is 0.234. The third kappa shape index (κ3) is 1.50. The Labute approximate surface area is 107 Å². The Kier molecular flexibility index (Phi) is 2.24. The van der Waals surface area contributed by atoms with Crippen LogP contribution in [0.15, 0.2) is 24.3 Å². The van der Waals surface area contributed by atoms with E-state index in [1.807, 2.05) is 4.90 Å². The largest absolute Gasteiger partial charge is 0.334 e. The van der Waals surface area contributed by atoms with Crippen LogP contribution in [0.5, 0.6) is 0 Å². The molecule has 0 spiro atoms. The zero-order valence-electron chi connectivity index (χ0n) is 10.4. The molecule has 3 heterocycles. The second-order valence-electron chi connectivity index (χ2n) is 5.85. The van der Waals surface area contributed by atoms with Gasteiger partial charge >= 0.3 is 0 Å². The lowest BCUT2D eigenvalue weighted by Crippen LogP contribution is -2.38. The number of carbonyl (C=O) groups excluding carboxylic acids is 1. The third-order valence-corrected chi connectivity index (χ3v) is 4.77. The summed E-state index contributed by atoms with van der Waals surface area (Å²) in [6, 6.07) is 9.46. The number of benzene rings is 1. The summed E-state index contributed by atoms with van der Waals surface area (Å²) in [5.41, 5.74) is 2.64. The molecule has 2 fully saturated rings. The van der Waals surface area contributed by atoms with Crippen LogP contribution in [-0.2, 0) is 17.9 Å². The fraction of sp³-hybridized carbons (Fsp3) is 0.533. The molecule has 0 radical (unpaired) electrons. The monoisotopic (exact) mass is 242 g/mol. The Morgan fingerprint density at radius 2 is 1.89 bits per heavy atom. The Morgan fingerprint density at radius 3 is 2.44 bits per heavy atom. The first kappa shape index (κ1) is 10.6. The zero-order chi connectivity index (χ0) is 12.1. The molecule has 1 N–H and O–H groups in total. The summed E-state index contributed by atoms with van der Waals surface area (Å²) in [6.45, 7) is 1.62. The highest BCUT2D eigenvalue weighted by molar-refractivity contribution is 5.81. The van der Waals surface area contributed by atoms with E-state index in [1.54, 1.807) is 0 Å². The molecular formula is C15H18N2O. The van der Waals surface area contributed by atoms with Gasteiger partial charge in [0.1, 0.15) is 0 Å². The Balaban J connectivity index is 1.51. The fourth-order valence-corrected chi connectivity index (χ4v) is 3.82. The molecule has 4 rings (SSSR count). The smallest absolute Gasteiger partial charge is 0.227 e. The first-order valence-corrected chi connectivity index (χ1v) is 6.93. The average molecular weight is 242 g/mol. The molecular weight excluding hydrogens is 224 g/mol. The van der Waals surface area contributed by atoms with Gasteiger partial charge in [0, 0.05) is 25.2 Å². The van der Waals surface area contributed by atoms with E-state index in [2.05, 4.69) is 29.6 Å². The highest BCUT2D eigenvalue weighted by Gasteiger charge is 2.44. The van der Waals surface area contributed by atoms with Crippen molar-refractivity contribution < 1.29 is 4.79 Å². The van der Waals surface area contributed by atoms with Crippen molar-refractivity contribution in [3.05, 3.63) is 35.4 Å². The van der Waals surface area contributed by atoms with Crippen LogP contribution in [0.25, 0.3) is 0 Å². The van der Waals surface area contributed by atoms with E-state index in [0.29, 0.717) is 18.0 Å². The van der Waals surface area contributed by atoms with Crippen LogP contribution >= 0.6 is 0 Å². The van der Waals surface area contributed by atoms with E-state index < -0.39 is 0 Å². The second kappa shape index (κ2) is 3.82. The molecule has 94 valence electrons. The molecule has 3 aliphatic rings. The molecule has 3 aliphatic heterocycles. The minimum Gasteiger partial charge on any atom is -0.334 e. The van der Waals surface area contributed by atoms with E-state index in [4.69, 9.17) is 0 Å². The summed E-state index contributed by atoms with van der Waals surface area (Å²) in [6.07, 6.45) is 3.49. The number of rotatable bonds is 1. The first-order valence-electron chi connectivity index (χ1n) is 6.93. The highest BCUT2D eigenvalue weighted by atomic mass is 16.2. The van der Waals surface area contributed by atoms with Gasteiger partial charge in [-0.3, -0.25) is 4.79 Å². The van der Waals surface area contributed by atoms with Crippen molar-refractivity contribution in [2.75, 3.05) is 0 Å². The molecule has 2 bridgehead atoms. The molecule has 0 aliphatic carbocycles. The molecule has 0 aromatic heterocycles. The SMILES string of the molecule is O=C(C1CC2CCC1N2)N1Cc2ccccc2C1. The molecule has 1 aromatic rings. The van der Waals surface area contributed by atoms with E-state index >= 15 is 0 Å². The minimum absolute atomic E-state index is 0.234. The van der Waals surface area contributed by atoms with Gasteiger partial charge in [0.25, 0.3) is 0 Å². The lowest BCUT2D eigenvalue weighted by Gasteiger charge is -2.25. The lowest BCUT2D eigenvalue weighted by molar-refractivity contribution is -0.136. The number of amides is 1. The number of hydrogen-bond donors (Lipinski definition) is 1. The van der Waals surface area contributed by atoms with E-state index in [0.717, 1.165) is 19.5 Å². The van der Waals surface area contributed by atoms with Gasteiger partial charge in [0.15, 0.2) is 0 Å². The predicted molar refractivity (Wildman–Crippen MR) is 68.7 cm³/mol. The van der Waals surface area contributed by atoms with Gasteiger partial charge in [0.05, 0.1) is 5.92 Å². The number of nitrogens with zero attached hydrogens (tertiary/aromatic N) is 1. The number of fused-ring (bicyclic) bond motifs is 3. The number of carbonyl (C=O) groups is 1. The summed E-state index contributed by atoms with van der Waals surface area (Å²) < 4.78 is 0. The van der Waals surface area contributed by atoms with E-state index in [9.17, 15) is 4.79 Å². The highest BCUT2D eigenvalue weighted by Crippen LogP contribution is 2.36. The molecule has 2 saturated heterocycles. The lowest BCUT2D eigenvalue weighted by atomic mass is 9.88. The van der Waals surface area contributed by atoms with Gasteiger partial charge in [-0.15, -0.1) is 0 Å². The molecule has 1 aromatic carbocycles. The van der Waals surface area contributed by atoms with Crippen LogP contribution < -0.4 is 5.32 Å². The number of nitrogens with one attached hydrogen (secondary N) is 1. The molecule has 0 saturated carbocycles. The van der Waals surface area contributed by atoms with Gasteiger partial charge in [-0.05, 0) is 30.4 Å². The topological polar surface area (TPSA) is 32.3 Å². The molecule has 1 amide bonds. The first-order chi connectivity index (χ1) is 8.81. The molecule has 3 nitrogen and oxygen atoms in total. The van der Waals surface area contributed by atoms with Gasteiger partial charge in [0.2, 0.25) is 5.91 Å². The van der Waals surface area contributed by atoms with Crippen molar-refractivity contribution >= 4 is 5.91 Å². The second-order valence-corrected chi connectivity index (χ2v) is 5.85. The van der Waals surface area contributed by atoms with Crippen molar-refractivity contribution in [2.24, 2.45) is 5.92 Å². The number of hydrogen-bond acceptors (Lipinski definition) is 2. The van der Waals surface area contributed by atoms with Crippen LogP contribution in [0.4, 0.5) is 0 Å². The van der Waals surface area contributed by atoms with E-state index in [-0.39, 0.29) is 5.92 Å². The van der Waals surface area contributed by atoms with Crippen molar-refractivity contribution in [1.29, 1.82) is 0 Å². The van der Waals surface area contributed by atoms with Gasteiger partial charge in [-0.25, -0.2) is 0 Å². The van der Waals surface area contributed by atoms with Crippen LogP contribution in [0.3, 0.4) is 0 Å². The van der Waals surface area contributed by atoms with Gasteiger partial charge in [-0.2, -0.15) is 0 Å². The normalized spacial score (nSPS) is 32.9. The zero-order valence-corrected chi connectivity index (χ0v) is 10.4. The van der Waals surface area contributed by atoms with E-state index in [1.165, 1.54) is 24.0 Å². The average Bonchev–Trinajstić information content (AvgIpc) is 3.11. The Morgan fingerprint density at radius 1 is 1.17 bits per heavy atom. The summed E-state index contributed by atoms with van der Waals surface area (Å²) in [5, 5.41) is 3.56. The van der Waals surface area contributed by atoms with Crippen molar-refractivity contribution in [3.8, 4) is 0 Å². The summed E-state index contributed by atoms with van der Waals surface area (Å²) >= 11 is 0. The predicted octanol–water partition coefficient (Wildman–Crippen LogP) is 1.67. The van der Waals surface area contributed by atoms with Crippen LogP contribution in [0, 0.1) is 5.92 Å². The summed E-state index contributed by atoms with van der Waals surface area (Å²) in [5.74, 6) is 0.601. The molecule has 3 heteroatoms. The maximum atomic E-state index is 12.6. The maximum absolute atomic E-state index is 12.6. The maximum Gasteiger partial charge on any atom is 0.227 e. The standard InChI is InChI=1S/C15H18N2O/c18-15(13-7-12-5-6-14(13)16-12)17-8-10-3-1-2-4-11(10)9-17/h1-4,12-14,16H,5-9H2. The molecule has 3 unspecified atom stereocenters. The van der Waals surface area contributed by atoms with Crippen LogP contribution in [0.1, 0.15) is 30.4 Å². The fourth-order valence-electron chi connectivity index (χ4n) is 3.82. The van der Waals surface area contributed by atoms with Gasteiger partial charge < -0.3 is 10.2 Å². The summed E-state index contributed by atoms with van der Waals surface area (Å²) in [4.78, 5) is 14.6. The summed E-state index contributed by atoms with van der Waals surface area (Å²) in [7, 11) is 0. The van der Waals surface area contributed by atoms with Crippen molar-refractivity contribution in [2.45, 2.75) is 44.4 Å². The van der Waals surface area contributed by atoms with Crippen molar-refractivity contribution in [1.82, 2.24) is 10.2 Å². The molecule has 18 heavy (non-hydrogen) atoms. The Hall–Kier alpha value is -1.35. The quantitative estimate of drug-likeness (QED) is 0.812. The third-order valence-electron chi connectivity index (χ3n) is 4.77. The Bertz CT molecular complexity index is 474. The van der Waals surface area contributed by atoms with Crippen molar-refractivity contribution in [3.63, 3.8) is 0 Å². The van der Waals surface area contributed by atoms with Gasteiger partial charge in [-0.1, -0.05) is 24.3 Å².